The summed E-state index contributed by atoms with van der Waals surface area (Å²) in [5, 5.41) is 12.2. The average Bonchev–Trinajstić information content (AvgIpc) is 3.02. The van der Waals surface area contributed by atoms with E-state index in [0.29, 0.717) is 10.7 Å². The summed E-state index contributed by atoms with van der Waals surface area (Å²) in [5.41, 5.74) is 6.81. The number of aromatic nitrogens is 1. The smallest absolute Gasteiger partial charge is 0.311 e. The number of fused-ring (bicyclic) bond motifs is 1. The molecule has 0 spiro atoms. The lowest BCUT2D eigenvalue weighted by atomic mass is 10.0. The second-order valence-corrected chi connectivity index (χ2v) is 5.86. The Hall–Kier alpha value is -2.19. The number of aliphatic carboxylic acids is 1. The van der Waals surface area contributed by atoms with Crippen LogP contribution in [0.5, 0.6) is 0 Å². The summed E-state index contributed by atoms with van der Waals surface area (Å²) in [6.45, 7) is 0.323. The lowest BCUT2D eigenvalue weighted by Gasteiger charge is -2.15. The van der Waals surface area contributed by atoms with Gasteiger partial charge in [-0.25, -0.2) is 4.98 Å². The van der Waals surface area contributed by atoms with Crippen molar-refractivity contribution in [3.63, 3.8) is 0 Å². The molecule has 1 fully saturated rings. The van der Waals surface area contributed by atoms with Crippen LogP contribution >= 0.6 is 11.3 Å². The number of amides is 1. The number of hydrogen-bond acceptors (Lipinski definition) is 6. The first-order chi connectivity index (χ1) is 10.0. The van der Waals surface area contributed by atoms with E-state index in [4.69, 9.17) is 15.6 Å². The van der Waals surface area contributed by atoms with Crippen molar-refractivity contribution < 1.29 is 19.4 Å². The van der Waals surface area contributed by atoms with Crippen LogP contribution in [0.3, 0.4) is 0 Å². The second kappa shape index (κ2) is 5.30. The molecule has 7 nitrogen and oxygen atoms in total. The number of hydrogen-bond donors (Lipinski definition) is 3. The predicted octanol–water partition coefficient (Wildman–Crippen LogP) is 0.708. The van der Waals surface area contributed by atoms with E-state index in [9.17, 15) is 9.59 Å². The fourth-order valence-corrected chi connectivity index (χ4v) is 3.05. The fraction of sp³-hybridized carbons (Fsp3) is 0.308. The van der Waals surface area contributed by atoms with E-state index in [-0.39, 0.29) is 19.1 Å². The highest BCUT2D eigenvalue weighted by atomic mass is 32.1. The van der Waals surface area contributed by atoms with Gasteiger partial charge in [0.25, 0.3) is 5.91 Å². The fourth-order valence-electron chi connectivity index (χ4n) is 2.28. The van der Waals surface area contributed by atoms with Gasteiger partial charge in [-0.3, -0.25) is 9.59 Å². The van der Waals surface area contributed by atoms with Crippen molar-refractivity contribution in [2.45, 2.75) is 6.04 Å². The van der Waals surface area contributed by atoms with Crippen LogP contribution in [0.1, 0.15) is 10.4 Å². The third kappa shape index (κ3) is 2.67. The molecule has 110 valence electrons. The Morgan fingerprint density at radius 3 is 3.00 bits per heavy atom. The second-order valence-electron chi connectivity index (χ2n) is 4.80. The van der Waals surface area contributed by atoms with Crippen LogP contribution in [0.4, 0.5) is 5.13 Å². The quantitative estimate of drug-likeness (QED) is 0.769. The number of nitrogens with zero attached hydrogens (tertiary/aromatic N) is 1. The molecule has 2 heterocycles. The summed E-state index contributed by atoms with van der Waals surface area (Å²) < 4.78 is 5.94. The van der Waals surface area contributed by atoms with Crippen LogP contribution in [0.2, 0.25) is 0 Å². The SMILES string of the molecule is Nc1nc2ccc(C(=O)NC3COCC3C(=O)O)cc2s1. The van der Waals surface area contributed by atoms with Gasteiger partial charge in [0, 0.05) is 5.56 Å². The minimum absolute atomic E-state index is 0.116. The molecule has 0 saturated carbocycles. The number of anilines is 1. The molecule has 3 rings (SSSR count). The number of ether oxygens (including phenoxy) is 1. The van der Waals surface area contributed by atoms with E-state index < -0.39 is 17.9 Å². The van der Waals surface area contributed by atoms with Crippen molar-refractivity contribution in [3.8, 4) is 0 Å². The number of carboxylic acid groups (broad SMARTS) is 1. The number of carbonyl (C=O) groups is 2. The van der Waals surface area contributed by atoms with Crippen LogP contribution < -0.4 is 11.1 Å². The topological polar surface area (TPSA) is 115 Å². The van der Waals surface area contributed by atoms with Crippen molar-refractivity contribution in [3.05, 3.63) is 23.8 Å². The largest absolute Gasteiger partial charge is 0.481 e. The minimum atomic E-state index is -0.969. The number of carboxylic acids is 1. The van der Waals surface area contributed by atoms with Crippen molar-refractivity contribution >= 4 is 38.6 Å². The average molecular weight is 307 g/mol. The Morgan fingerprint density at radius 1 is 1.43 bits per heavy atom. The first kappa shape index (κ1) is 13.8. The van der Waals surface area contributed by atoms with Gasteiger partial charge in [-0.05, 0) is 18.2 Å². The van der Waals surface area contributed by atoms with Crippen molar-refractivity contribution in [2.75, 3.05) is 18.9 Å². The Balaban J connectivity index is 1.78. The van der Waals surface area contributed by atoms with Crippen LogP contribution in [0.25, 0.3) is 10.2 Å². The first-order valence-corrected chi connectivity index (χ1v) is 7.14. The Morgan fingerprint density at radius 2 is 2.24 bits per heavy atom. The maximum absolute atomic E-state index is 12.2. The van der Waals surface area contributed by atoms with Gasteiger partial charge < -0.3 is 20.9 Å². The molecular formula is C13H13N3O4S. The van der Waals surface area contributed by atoms with Crippen LogP contribution in [-0.4, -0.2) is 41.2 Å². The number of nitrogens with one attached hydrogen (secondary N) is 1. The highest BCUT2D eigenvalue weighted by Gasteiger charge is 2.35. The monoisotopic (exact) mass is 307 g/mol. The Kier molecular flexibility index (Phi) is 3.48. The zero-order valence-electron chi connectivity index (χ0n) is 10.9. The maximum Gasteiger partial charge on any atom is 0.311 e. The highest BCUT2D eigenvalue weighted by Crippen LogP contribution is 2.24. The standard InChI is InChI=1S/C13H13N3O4S/c14-13-16-8-2-1-6(3-10(8)21-13)11(17)15-9-5-20-4-7(9)12(18)19/h1-3,7,9H,4-5H2,(H2,14,16)(H,15,17)(H,18,19). The minimum Gasteiger partial charge on any atom is -0.481 e. The van der Waals surface area contributed by atoms with Gasteiger partial charge >= 0.3 is 5.97 Å². The molecule has 2 aromatic rings. The summed E-state index contributed by atoms with van der Waals surface area (Å²) in [6, 6.07) is 4.54. The molecule has 8 heteroatoms. The molecular weight excluding hydrogens is 294 g/mol. The predicted molar refractivity (Wildman–Crippen MR) is 77.2 cm³/mol. The van der Waals surface area contributed by atoms with Crippen LogP contribution in [-0.2, 0) is 9.53 Å². The third-order valence-corrected chi connectivity index (χ3v) is 4.23. The van der Waals surface area contributed by atoms with Gasteiger partial charge in [0.15, 0.2) is 5.13 Å². The van der Waals surface area contributed by atoms with Gasteiger partial charge in [0.1, 0.15) is 5.92 Å². The van der Waals surface area contributed by atoms with E-state index in [1.807, 2.05) is 0 Å². The first-order valence-electron chi connectivity index (χ1n) is 6.32. The van der Waals surface area contributed by atoms with Crippen LogP contribution in [0, 0.1) is 5.92 Å². The van der Waals surface area contributed by atoms with E-state index in [0.717, 1.165) is 10.2 Å². The molecule has 2 unspecified atom stereocenters. The van der Waals surface area contributed by atoms with Gasteiger partial charge in [-0.2, -0.15) is 0 Å². The summed E-state index contributed by atoms with van der Waals surface area (Å²) in [6.07, 6.45) is 0. The van der Waals surface area contributed by atoms with Gasteiger partial charge in [-0.1, -0.05) is 11.3 Å². The van der Waals surface area contributed by atoms with Crippen molar-refractivity contribution in [1.29, 1.82) is 0 Å². The highest BCUT2D eigenvalue weighted by molar-refractivity contribution is 7.22. The van der Waals surface area contributed by atoms with Crippen molar-refractivity contribution in [2.24, 2.45) is 5.92 Å². The lowest BCUT2D eigenvalue weighted by molar-refractivity contribution is -0.142. The number of nitrogens with two attached hydrogens (primary N) is 1. The molecule has 21 heavy (non-hydrogen) atoms. The summed E-state index contributed by atoms with van der Waals surface area (Å²) in [5.74, 6) is -2.01. The Labute approximate surface area is 123 Å². The Bertz CT molecular complexity index is 715. The van der Waals surface area contributed by atoms with E-state index in [1.165, 1.54) is 11.3 Å². The zero-order valence-corrected chi connectivity index (χ0v) is 11.7. The molecule has 0 radical (unpaired) electrons. The molecule has 1 aliphatic rings. The number of nitrogen functional groups attached to an aromatic ring is 1. The van der Waals surface area contributed by atoms with E-state index >= 15 is 0 Å². The number of rotatable bonds is 3. The molecule has 0 aliphatic carbocycles. The summed E-state index contributed by atoms with van der Waals surface area (Å²) in [7, 11) is 0. The van der Waals surface area contributed by atoms with E-state index in [1.54, 1.807) is 18.2 Å². The molecule has 2 atom stereocenters. The number of benzene rings is 1. The molecule has 1 aliphatic heterocycles. The number of carbonyl (C=O) groups excluding carboxylic acids is 1. The zero-order chi connectivity index (χ0) is 15.0. The van der Waals surface area contributed by atoms with E-state index in [2.05, 4.69) is 10.3 Å². The molecule has 0 bridgehead atoms. The number of thiazole rings is 1. The molecule has 1 saturated heterocycles. The maximum atomic E-state index is 12.2. The third-order valence-electron chi connectivity index (χ3n) is 3.38. The molecule has 4 N–H and O–H groups in total. The molecule has 1 amide bonds. The molecule has 1 aromatic carbocycles. The summed E-state index contributed by atoms with van der Waals surface area (Å²) in [4.78, 5) is 27.4. The van der Waals surface area contributed by atoms with Gasteiger partial charge in [-0.15, -0.1) is 0 Å². The summed E-state index contributed by atoms with van der Waals surface area (Å²) >= 11 is 1.30. The van der Waals surface area contributed by atoms with Crippen LogP contribution in [0.15, 0.2) is 18.2 Å². The lowest BCUT2D eigenvalue weighted by Crippen LogP contribution is -2.42. The van der Waals surface area contributed by atoms with Gasteiger partial charge in [0.05, 0.1) is 29.5 Å². The molecule has 1 aromatic heterocycles. The van der Waals surface area contributed by atoms with Gasteiger partial charge in [0.2, 0.25) is 0 Å². The van der Waals surface area contributed by atoms with Crippen molar-refractivity contribution in [1.82, 2.24) is 10.3 Å². The normalized spacial score (nSPS) is 21.5.